The topological polar surface area (TPSA) is 93.4 Å². The van der Waals surface area contributed by atoms with E-state index in [-0.39, 0.29) is 29.3 Å². The standard InChI is InChI=1S/C17H23N3O3/c1-6-20(7-2)9-14(21)19-16-13(8-18)11(4)10(3)12(5)15(16)17(22)23/h6-7,9H2,1-5H3,(H,19,21)(H,22,23). The molecule has 6 nitrogen and oxygen atoms in total. The fourth-order valence-corrected chi connectivity index (χ4v) is 2.52. The van der Waals surface area contributed by atoms with Crippen molar-refractivity contribution in [3.8, 4) is 6.07 Å². The lowest BCUT2D eigenvalue weighted by Gasteiger charge is -2.20. The van der Waals surface area contributed by atoms with Crippen LogP contribution >= 0.6 is 0 Å². The number of anilines is 1. The average Bonchev–Trinajstić information content (AvgIpc) is 2.50. The Morgan fingerprint density at radius 1 is 1.13 bits per heavy atom. The third kappa shape index (κ3) is 3.88. The highest BCUT2D eigenvalue weighted by molar-refractivity contribution is 6.04. The Bertz CT molecular complexity index is 671. The van der Waals surface area contributed by atoms with Crippen molar-refractivity contribution < 1.29 is 14.7 Å². The van der Waals surface area contributed by atoms with Gasteiger partial charge in [0.05, 0.1) is 23.4 Å². The molecule has 1 aromatic rings. The van der Waals surface area contributed by atoms with Gasteiger partial charge < -0.3 is 10.4 Å². The zero-order valence-electron chi connectivity index (χ0n) is 14.3. The van der Waals surface area contributed by atoms with Gasteiger partial charge in [0.25, 0.3) is 0 Å². The summed E-state index contributed by atoms with van der Waals surface area (Å²) in [6.07, 6.45) is 0. The number of hydrogen-bond acceptors (Lipinski definition) is 4. The minimum absolute atomic E-state index is 0.0162. The predicted molar refractivity (Wildman–Crippen MR) is 88.7 cm³/mol. The van der Waals surface area contributed by atoms with Crippen molar-refractivity contribution in [3.05, 3.63) is 27.8 Å². The lowest BCUT2D eigenvalue weighted by Crippen LogP contribution is -2.33. The van der Waals surface area contributed by atoms with Gasteiger partial charge in [-0.2, -0.15) is 5.26 Å². The van der Waals surface area contributed by atoms with E-state index in [0.717, 1.165) is 5.56 Å². The molecule has 1 rings (SSSR count). The van der Waals surface area contributed by atoms with E-state index in [1.165, 1.54) is 0 Å². The first kappa shape index (κ1) is 18.7. The van der Waals surface area contributed by atoms with Crippen LogP contribution in [0.25, 0.3) is 0 Å². The van der Waals surface area contributed by atoms with Gasteiger partial charge in [0.1, 0.15) is 6.07 Å². The average molecular weight is 317 g/mol. The van der Waals surface area contributed by atoms with Crippen molar-refractivity contribution in [2.24, 2.45) is 0 Å². The third-order valence-corrected chi connectivity index (χ3v) is 4.23. The van der Waals surface area contributed by atoms with Crippen molar-refractivity contribution in [2.75, 3.05) is 25.0 Å². The number of hydrogen-bond donors (Lipinski definition) is 2. The SMILES string of the molecule is CCN(CC)CC(=O)Nc1c(C#N)c(C)c(C)c(C)c1C(=O)O. The molecule has 0 fully saturated rings. The second kappa shape index (κ2) is 7.75. The largest absolute Gasteiger partial charge is 0.478 e. The number of benzene rings is 1. The van der Waals surface area contributed by atoms with Gasteiger partial charge in [0.15, 0.2) is 0 Å². The lowest BCUT2D eigenvalue weighted by atomic mass is 9.92. The molecule has 6 heteroatoms. The summed E-state index contributed by atoms with van der Waals surface area (Å²) in [6, 6.07) is 2.02. The van der Waals surface area contributed by atoms with E-state index < -0.39 is 5.97 Å². The van der Waals surface area contributed by atoms with E-state index in [4.69, 9.17) is 0 Å². The second-order valence-corrected chi connectivity index (χ2v) is 5.43. The third-order valence-electron chi connectivity index (χ3n) is 4.23. The molecule has 0 aliphatic heterocycles. The fraction of sp³-hybridized carbons (Fsp3) is 0.471. The molecular formula is C17H23N3O3. The molecule has 1 amide bonds. The molecule has 0 unspecified atom stereocenters. The van der Waals surface area contributed by atoms with E-state index in [0.29, 0.717) is 24.2 Å². The van der Waals surface area contributed by atoms with Crippen molar-refractivity contribution in [1.82, 2.24) is 4.90 Å². The first-order valence-electron chi connectivity index (χ1n) is 7.57. The van der Waals surface area contributed by atoms with Crippen molar-refractivity contribution in [2.45, 2.75) is 34.6 Å². The van der Waals surface area contributed by atoms with Crippen LogP contribution < -0.4 is 5.32 Å². The first-order valence-corrected chi connectivity index (χ1v) is 7.57. The van der Waals surface area contributed by atoms with Crippen LogP contribution in [0.15, 0.2) is 0 Å². The Hall–Kier alpha value is -2.39. The number of carboxylic acids is 1. The van der Waals surface area contributed by atoms with Crippen LogP contribution in [0, 0.1) is 32.1 Å². The van der Waals surface area contributed by atoms with Gasteiger partial charge in [-0.25, -0.2) is 4.79 Å². The summed E-state index contributed by atoms with van der Waals surface area (Å²) in [4.78, 5) is 25.8. The molecular weight excluding hydrogens is 294 g/mol. The zero-order chi connectivity index (χ0) is 17.7. The molecule has 0 aromatic heterocycles. The number of nitrogens with zero attached hydrogens (tertiary/aromatic N) is 2. The van der Waals surface area contributed by atoms with Crippen molar-refractivity contribution in [3.63, 3.8) is 0 Å². The van der Waals surface area contributed by atoms with Crippen LogP contribution in [0.1, 0.15) is 46.5 Å². The van der Waals surface area contributed by atoms with E-state index in [1.807, 2.05) is 24.8 Å². The Kier molecular flexibility index (Phi) is 6.28. The maximum atomic E-state index is 12.2. The monoisotopic (exact) mass is 317 g/mol. The minimum atomic E-state index is -1.15. The molecule has 0 bridgehead atoms. The van der Waals surface area contributed by atoms with Gasteiger partial charge in [-0.05, 0) is 50.6 Å². The smallest absolute Gasteiger partial charge is 0.338 e. The molecule has 1 aromatic carbocycles. The molecule has 0 saturated heterocycles. The van der Waals surface area contributed by atoms with Gasteiger partial charge in [0.2, 0.25) is 5.91 Å². The number of nitrogens with one attached hydrogen (secondary N) is 1. The van der Waals surface area contributed by atoms with Crippen LogP contribution in [0.3, 0.4) is 0 Å². The van der Waals surface area contributed by atoms with E-state index in [2.05, 4.69) is 5.32 Å². The second-order valence-electron chi connectivity index (χ2n) is 5.43. The molecule has 124 valence electrons. The Morgan fingerprint density at radius 2 is 1.70 bits per heavy atom. The number of nitriles is 1. The van der Waals surface area contributed by atoms with Crippen LogP contribution in [-0.2, 0) is 4.79 Å². The van der Waals surface area contributed by atoms with E-state index >= 15 is 0 Å². The summed E-state index contributed by atoms with van der Waals surface area (Å²) in [7, 11) is 0. The lowest BCUT2D eigenvalue weighted by molar-refractivity contribution is -0.117. The van der Waals surface area contributed by atoms with Crippen LogP contribution in [0.2, 0.25) is 0 Å². The Labute approximate surface area is 136 Å². The summed E-state index contributed by atoms with van der Waals surface area (Å²) in [5.41, 5.74) is 2.29. The predicted octanol–water partition coefficient (Wildman–Crippen LogP) is 2.46. The van der Waals surface area contributed by atoms with Crippen LogP contribution in [0.4, 0.5) is 5.69 Å². The number of carbonyl (C=O) groups is 2. The highest BCUT2D eigenvalue weighted by atomic mass is 16.4. The molecule has 0 radical (unpaired) electrons. The van der Waals surface area contributed by atoms with E-state index in [1.54, 1.807) is 20.8 Å². The molecule has 0 heterocycles. The number of carbonyl (C=O) groups excluding carboxylic acids is 1. The number of aromatic carboxylic acids is 1. The quantitative estimate of drug-likeness (QED) is 0.840. The summed E-state index contributed by atoms with van der Waals surface area (Å²) in [5, 5.41) is 21.5. The molecule has 0 aliphatic carbocycles. The summed E-state index contributed by atoms with van der Waals surface area (Å²) in [6.45, 7) is 10.7. The minimum Gasteiger partial charge on any atom is -0.478 e. The van der Waals surface area contributed by atoms with Gasteiger partial charge in [-0.1, -0.05) is 13.8 Å². The highest BCUT2D eigenvalue weighted by Gasteiger charge is 2.23. The normalized spacial score (nSPS) is 10.5. The molecule has 0 saturated carbocycles. The van der Waals surface area contributed by atoms with E-state index in [9.17, 15) is 20.0 Å². The van der Waals surface area contributed by atoms with Crippen LogP contribution in [-0.4, -0.2) is 41.5 Å². The molecule has 2 N–H and O–H groups in total. The van der Waals surface area contributed by atoms with Crippen molar-refractivity contribution in [1.29, 1.82) is 5.26 Å². The highest BCUT2D eigenvalue weighted by Crippen LogP contribution is 2.31. The molecule has 23 heavy (non-hydrogen) atoms. The Balaban J connectivity index is 3.37. The molecule has 0 atom stereocenters. The molecule has 0 aliphatic rings. The Morgan fingerprint density at radius 3 is 2.13 bits per heavy atom. The summed E-state index contributed by atoms with van der Waals surface area (Å²) in [5.74, 6) is -1.48. The summed E-state index contributed by atoms with van der Waals surface area (Å²) < 4.78 is 0. The van der Waals surface area contributed by atoms with Gasteiger partial charge in [-0.15, -0.1) is 0 Å². The maximum Gasteiger partial charge on any atom is 0.338 e. The number of likely N-dealkylation sites (N-methyl/N-ethyl adjacent to an activating group) is 1. The number of amides is 1. The first-order chi connectivity index (χ1) is 10.8. The maximum absolute atomic E-state index is 12.2. The number of carboxylic acid groups (broad SMARTS) is 1. The summed E-state index contributed by atoms with van der Waals surface area (Å²) >= 11 is 0. The van der Waals surface area contributed by atoms with Crippen LogP contribution in [0.5, 0.6) is 0 Å². The van der Waals surface area contributed by atoms with Crippen molar-refractivity contribution >= 4 is 17.6 Å². The zero-order valence-corrected chi connectivity index (χ0v) is 14.3. The van der Waals surface area contributed by atoms with Gasteiger partial charge in [0, 0.05) is 0 Å². The molecule has 0 spiro atoms. The number of rotatable bonds is 6. The van der Waals surface area contributed by atoms with Gasteiger partial charge in [-0.3, -0.25) is 9.69 Å². The fourth-order valence-electron chi connectivity index (χ4n) is 2.52. The van der Waals surface area contributed by atoms with Gasteiger partial charge >= 0.3 is 5.97 Å².